The van der Waals surface area contributed by atoms with Gasteiger partial charge in [0.15, 0.2) is 0 Å². The van der Waals surface area contributed by atoms with Crippen LogP contribution in [0.1, 0.15) is 44.9 Å². The first-order chi connectivity index (χ1) is 7.25. The molecule has 1 aliphatic heterocycles. The molecule has 3 nitrogen and oxygen atoms in total. The number of carbonyl (C=O) groups is 1. The van der Waals surface area contributed by atoms with Crippen LogP contribution in [0.2, 0.25) is 0 Å². The van der Waals surface area contributed by atoms with E-state index in [9.17, 15) is 4.79 Å². The summed E-state index contributed by atoms with van der Waals surface area (Å²) in [5.41, 5.74) is 0. The maximum absolute atomic E-state index is 10.6. The molecule has 15 heavy (non-hydrogen) atoms. The summed E-state index contributed by atoms with van der Waals surface area (Å²) < 4.78 is 0. The lowest BCUT2D eigenvalue weighted by molar-refractivity contribution is -0.138. The quantitative estimate of drug-likeness (QED) is 0.777. The maximum Gasteiger partial charge on any atom is 0.303 e. The predicted molar refractivity (Wildman–Crippen MR) is 58.8 cm³/mol. The van der Waals surface area contributed by atoms with E-state index in [-0.39, 0.29) is 0 Å². The van der Waals surface area contributed by atoms with Gasteiger partial charge in [-0.2, -0.15) is 0 Å². The number of aliphatic carboxylic acids is 1. The molecule has 1 saturated heterocycles. The van der Waals surface area contributed by atoms with Gasteiger partial charge in [-0.3, -0.25) is 4.79 Å². The van der Waals surface area contributed by atoms with Crippen molar-refractivity contribution >= 4 is 5.97 Å². The third kappa shape index (κ3) is 2.94. The van der Waals surface area contributed by atoms with E-state index >= 15 is 0 Å². The fourth-order valence-corrected chi connectivity index (χ4v) is 2.76. The highest BCUT2D eigenvalue weighted by Crippen LogP contribution is 2.29. The molecule has 0 amide bonds. The largest absolute Gasteiger partial charge is 0.481 e. The Morgan fingerprint density at radius 2 is 1.93 bits per heavy atom. The highest BCUT2D eigenvalue weighted by Gasteiger charge is 2.27. The highest BCUT2D eigenvalue weighted by molar-refractivity contribution is 5.67. The van der Waals surface area contributed by atoms with Crippen molar-refractivity contribution in [3.63, 3.8) is 0 Å². The number of carboxylic acid groups (broad SMARTS) is 1. The van der Waals surface area contributed by atoms with E-state index in [0.29, 0.717) is 12.3 Å². The van der Waals surface area contributed by atoms with Crippen molar-refractivity contribution in [2.24, 2.45) is 5.92 Å². The topological polar surface area (TPSA) is 40.5 Å². The van der Waals surface area contributed by atoms with Crippen LogP contribution < -0.4 is 0 Å². The molecule has 0 bridgehead atoms. The molecule has 1 aliphatic carbocycles. The van der Waals surface area contributed by atoms with Gasteiger partial charge in [0, 0.05) is 12.5 Å². The number of likely N-dealkylation sites (tertiary alicyclic amines) is 1. The monoisotopic (exact) mass is 211 g/mol. The highest BCUT2D eigenvalue weighted by atomic mass is 16.4. The van der Waals surface area contributed by atoms with Gasteiger partial charge >= 0.3 is 5.97 Å². The molecule has 2 fully saturated rings. The molecule has 0 radical (unpaired) electrons. The molecule has 1 atom stereocenters. The van der Waals surface area contributed by atoms with Gasteiger partial charge in [-0.1, -0.05) is 6.42 Å². The predicted octanol–water partition coefficient (Wildman–Crippen LogP) is 2.12. The summed E-state index contributed by atoms with van der Waals surface area (Å²) >= 11 is 0. The summed E-state index contributed by atoms with van der Waals surface area (Å²) in [6, 6.07) is 0.827. The fourth-order valence-electron chi connectivity index (χ4n) is 2.76. The number of nitrogens with zero attached hydrogens (tertiary/aromatic N) is 1. The maximum atomic E-state index is 10.6. The first-order valence-electron chi connectivity index (χ1n) is 6.21. The Morgan fingerprint density at radius 3 is 2.53 bits per heavy atom. The van der Waals surface area contributed by atoms with Gasteiger partial charge in [-0.05, 0) is 51.1 Å². The van der Waals surface area contributed by atoms with E-state index in [1.807, 2.05) is 0 Å². The number of hydrogen-bond acceptors (Lipinski definition) is 2. The lowest BCUT2D eigenvalue weighted by Gasteiger charge is -2.36. The van der Waals surface area contributed by atoms with Crippen molar-refractivity contribution < 1.29 is 9.90 Å². The first kappa shape index (κ1) is 10.9. The Hall–Kier alpha value is -0.570. The summed E-state index contributed by atoms with van der Waals surface area (Å²) in [4.78, 5) is 13.2. The number of rotatable bonds is 3. The van der Waals surface area contributed by atoms with E-state index < -0.39 is 5.97 Å². The lowest BCUT2D eigenvalue weighted by Crippen LogP contribution is -2.40. The molecule has 3 heteroatoms. The zero-order valence-electron chi connectivity index (χ0n) is 9.32. The van der Waals surface area contributed by atoms with Crippen LogP contribution in [0, 0.1) is 5.92 Å². The zero-order chi connectivity index (χ0) is 10.7. The van der Waals surface area contributed by atoms with Gasteiger partial charge in [0.05, 0.1) is 0 Å². The number of carboxylic acids is 1. The molecule has 1 unspecified atom stereocenters. The molecular formula is C12H21NO2. The Morgan fingerprint density at radius 1 is 1.13 bits per heavy atom. The van der Waals surface area contributed by atoms with E-state index in [1.54, 1.807) is 0 Å². The smallest absolute Gasteiger partial charge is 0.303 e. The molecule has 86 valence electrons. The normalized spacial score (nSPS) is 29.5. The van der Waals surface area contributed by atoms with Crippen LogP contribution in [-0.4, -0.2) is 35.1 Å². The van der Waals surface area contributed by atoms with Gasteiger partial charge in [-0.25, -0.2) is 0 Å². The van der Waals surface area contributed by atoms with Crippen LogP contribution in [0.5, 0.6) is 0 Å². The molecule has 1 heterocycles. The Kier molecular flexibility index (Phi) is 3.62. The Labute approximate surface area is 91.5 Å². The Bertz CT molecular complexity index is 226. The van der Waals surface area contributed by atoms with Crippen LogP contribution in [0.15, 0.2) is 0 Å². The third-order valence-corrected chi connectivity index (χ3v) is 3.94. The van der Waals surface area contributed by atoms with Crippen molar-refractivity contribution in [1.82, 2.24) is 4.90 Å². The van der Waals surface area contributed by atoms with Crippen molar-refractivity contribution in [3.05, 3.63) is 0 Å². The SMILES string of the molecule is O=C(O)CC1CCCN(C2CCC2)CC1. The molecule has 0 aromatic heterocycles. The summed E-state index contributed by atoms with van der Waals surface area (Å²) in [5, 5.41) is 8.78. The van der Waals surface area contributed by atoms with E-state index in [4.69, 9.17) is 5.11 Å². The summed E-state index contributed by atoms with van der Waals surface area (Å²) in [6.45, 7) is 2.32. The second-order valence-corrected chi connectivity index (χ2v) is 5.02. The third-order valence-electron chi connectivity index (χ3n) is 3.94. The molecule has 2 aliphatic rings. The van der Waals surface area contributed by atoms with Crippen LogP contribution in [0.4, 0.5) is 0 Å². The summed E-state index contributed by atoms with van der Waals surface area (Å²) in [6.07, 6.45) is 7.87. The van der Waals surface area contributed by atoms with Crippen molar-refractivity contribution in [2.45, 2.75) is 51.0 Å². The van der Waals surface area contributed by atoms with E-state index in [0.717, 1.165) is 25.4 Å². The van der Waals surface area contributed by atoms with Crippen LogP contribution in [0.25, 0.3) is 0 Å². The summed E-state index contributed by atoms with van der Waals surface area (Å²) in [5.74, 6) is -0.204. The van der Waals surface area contributed by atoms with Crippen molar-refractivity contribution in [1.29, 1.82) is 0 Å². The average Bonchev–Trinajstić information content (AvgIpc) is 2.27. The molecule has 1 N–H and O–H groups in total. The molecule has 1 saturated carbocycles. The zero-order valence-corrected chi connectivity index (χ0v) is 9.32. The van der Waals surface area contributed by atoms with E-state index in [1.165, 1.54) is 32.2 Å². The van der Waals surface area contributed by atoms with Gasteiger partial charge < -0.3 is 10.0 Å². The average molecular weight is 211 g/mol. The minimum Gasteiger partial charge on any atom is -0.481 e. The van der Waals surface area contributed by atoms with Gasteiger partial charge in [0.2, 0.25) is 0 Å². The summed E-state index contributed by atoms with van der Waals surface area (Å²) in [7, 11) is 0. The molecular weight excluding hydrogens is 190 g/mol. The van der Waals surface area contributed by atoms with E-state index in [2.05, 4.69) is 4.90 Å². The second kappa shape index (κ2) is 4.97. The molecule has 0 aromatic rings. The fraction of sp³-hybridized carbons (Fsp3) is 0.917. The standard InChI is InChI=1S/C12H21NO2/c14-12(15)9-10-3-2-7-13(8-6-10)11-4-1-5-11/h10-11H,1-9H2,(H,14,15). The molecule has 0 spiro atoms. The second-order valence-electron chi connectivity index (χ2n) is 5.02. The van der Waals surface area contributed by atoms with Crippen LogP contribution >= 0.6 is 0 Å². The Balaban J connectivity index is 1.78. The first-order valence-corrected chi connectivity index (χ1v) is 6.21. The van der Waals surface area contributed by atoms with Crippen LogP contribution in [-0.2, 0) is 4.79 Å². The number of hydrogen-bond donors (Lipinski definition) is 1. The lowest BCUT2D eigenvalue weighted by atomic mass is 9.91. The minimum absolute atomic E-state index is 0.374. The van der Waals surface area contributed by atoms with Crippen molar-refractivity contribution in [3.8, 4) is 0 Å². The van der Waals surface area contributed by atoms with Crippen molar-refractivity contribution in [2.75, 3.05) is 13.1 Å². The molecule has 0 aromatic carbocycles. The van der Waals surface area contributed by atoms with Crippen LogP contribution in [0.3, 0.4) is 0 Å². The van der Waals surface area contributed by atoms with Gasteiger partial charge in [0.25, 0.3) is 0 Å². The van der Waals surface area contributed by atoms with Gasteiger partial charge in [-0.15, -0.1) is 0 Å². The van der Waals surface area contributed by atoms with Gasteiger partial charge in [0.1, 0.15) is 0 Å². The molecule has 2 rings (SSSR count). The minimum atomic E-state index is -0.628.